The Hall–Kier alpha value is -1.55. The number of carbonyl (C=O) groups excluding carboxylic acids is 1. The van der Waals surface area contributed by atoms with Crippen molar-refractivity contribution in [1.82, 2.24) is 0 Å². The van der Waals surface area contributed by atoms with E-state index in [2.05, 4.69) is 0 Å². The molecule has 2 rings (SSSR count). The Morgan fingerprint density at radius 1 is 1.06 bits per heavy atom. The van der Waals surface area contributed by atoms with Gasteiger partial charge in [-0.1, -0.05) is 6.07 Å². The first-order valence-electron chi connectivity index (χ1n) is 4.98. The van der Waals surface area contributed by atoms with Gasteiger partial charge in [0.25, 0.3) is 0 Å². The zero-order chi connectivity index (χ0) is 11.4. The van der Waals surface area contributed by atoms with Gasteiger partial charge in [0.2, 0.25) is 12.3 Å². The van der Waals surface area contributed by atoms with Crippen LogP contribution < -0.4 is 21.5 Å². The van der Waals surface area contributed by atoms with E-state index < -0.39 is 0 Å². The maximum Gasteiger partial charge on any atom is 0.227 e. The van der Waals surface area contributed by atoms with Gasteiger partial charge in [-0.15, -0.1) is 0 Å². The Morgan fingerprint density at radius 2 is 1.65 bits per heavy atom. The fraction of sp³-hybridized carbons (Fsp3) is 0.0769. The number of aromatic nitrogens is 1. The molecule has 0 bridgehead atoms. The van der Waals surface area contributed by atoms with Crippen molar-refractivity contribution in [1.29, 1.82) is 0 Å². The van der Waals surface area contributed by atoms with Crippen LogP contribution in [0.1, 0.15) is 10.4 Å². The van der Waals surface area contributed by atoms with E-state index in [0.29, 0.717) is 5.56 Å². The first-order chi connectivity index (χ1) is 7.75. The van der Waals surface area contributed by atoms with Crippen LogP contribution in [0.5, 0.6) is 0 Å². The highest BCUT2D eigenvalue weighted by molar-refractivity contribution is 5.94. The largest absolute Gasteiger partial charge is 1.00 e. The second kappa shape index (κ2) is 6.25. The van der Waals surface area contributed by atoms with E-state index in [1.807, 2.05) is 30.6 Å². The molecule has 0 atom stereocenters. The van der Waals surface area contributed by atoms with Gasteiger partial charge in [-0.3, -0.25) is 4.79 Å². The summed E-state index contributed by atoms with van der Waals surface area (Å²) in [6.07, 6.45) is 3.64. The minimum absolute atomic E-state index is 0. The maximum absolute atomic E-state index is 12.7. The second-order valence-corrected chi connectivity index (χ2v) is 3.48. The lowest BCUT2D eigenvalue weighted by Crippen LogP contribution is -3.00. The highest BCUT2D eigenvalue weighted by Crippen LogP contribution is 2.03. The predicted octanol–water partition coefficient (Wildman–Crippen LogP) is -1.000. The molecule has 2 nitrogen and oxygen atoms in total. The number of benzene rings is 1. The molecule has 0 unspecified atom stereocenters. The molecule has 0 aliphatic heterocycles. The van der Waals surface area contributed by atoms with Gasteiger partial charge < -0.3 is 17.0 Å². The van der Waals surface area contributed by atoms with Gasteiger partial charge in [0.15, 0.2) is 12.4 Å². The molecule has 0 radical (unpaired) electrons. The summed E-state index contributed by atoms with van der Waals surface area (Å²) in [5.41, 5.74) is 0.526. The lowest BCUT2D eigenvalue weighted by molar-refractivity contribution is -0.683. The highest BCUT2D eigenvalue weighted by atomic mass is 79.9. The van der Waals surface area contributed by atoms with Crippen LogP contribution in [0, 0.1) is 5.82 Å². The molecule has 0 spiro atoms. The van der Waals surface area contributed by atoms with E-state index >= 15 is 0 Å². The van der Waals surface area contributed by atoms with Gasteiger partial charge in [-0.25, -0.2) is 4.39 Å². The van der Waals surface area contributed by atoms with Gasteiger partial charge in [-0.05, 0) is 24.3 Å². The Bertz CT molecular complexity index is 485. The van der Waals surface area contributed by atoms with Crippen LogP contribution in [-0.4, -0.2) is 5.78 Å². The summed E-state index contributed by atoms with van der Waals surface area (Å²) in [5, 5.41) is 0. The highest BCUT2D eigenvalue weighted by Gasteiger charge is 2.10. The summed E-state index contributed by atoms with van der Waals surface area (Å²) in [7, 11) is 0. The lowest BCUT2D eigenvalue weighted by Gasteiger charge is -1.97. The molecule has 0 amide bonds. The molecule has 2 aromatic rings. The normalized spacial score (nSPS) is 9.47. The topological polar surface area (TPSA) is 20.9 Å². The van der Waals surface area contributed by atoms with Crippen molar-refractivity contribution in [3.63, 3.8) is 0 Å². The van der Waals surface area contributed by atoms with Crippen LogP contribution in [0.2, 0.25) is 0 Å². The average molecular weight is 296 g/mol. The van der Waals surface area contributed by atoms with Crippen molar-refractivity contribution < 1.29 is 30.7 Å². The fourth-order valence-electron chi connectivity index (χ4n) is 1.43. The molecular weight excluding hydrogens is 285 g/mol. The molecule has 0 saturated carbocycles. The lowest BCUT2D eigenvalue weighted by atomic mass is 10.1. The Balaban J connectivity index is 0.00000144. The first kappa shape index (κ1) is 13.5. The van der Waals surface area contributed by atoms with Crippen LogP contribution in [0.25, 0.3) is 0 Å². The van der Waals surface area contributed by atoms with Crippen molar-refractivity contribution in [2.75, 3.05) is 0 Å². The molecule has 17 heavy (non-hydrogen) atoms. The van der Waals surface area contributed by atoms with E-state index in [0.717, 1.165) is 0 Å². The van der Waals surface area contributed by atoms with Gasteiger partial charge in [0.1, 0.15) is 5.82 Å². The molecule has 1 heterocycles. The molecule has 4 heteroatoms. The van der Waals surface area contributed by atoms with Crippen LogP contribution in [0.4, 0.5) is 4.39 Å². The molecule has 0 fully saturated rings. The fourth-order valence-corrected chi connectivity index (χ4v) is 1.43. The number of nitrogens with zero attached hydrogens (tertiary/aromatic N) is 1. The van der Waals surface area contributed by atoms with Crippen LogP contribution in [0.3, 0.4) is 0 Å². The summed E-state index contributed by atoms with van der Waals surface area (Å²) in [4.78, 5) is 11.8. The van der Waals surface area contributed by atoms with Crippen LogP contribution >= 0.6 is 0 Å². The number of pyridine rings is 1. The van der Waals surface area contributed by atoms with E-state index in [1.54, 1.807) is 4.57 Å². The molecule has 88 valence electrons. The number of hydrogen-bond donors (Lipinski definition) is 0. The first-order valence-corrected chi connectivity index (χ1v) is 4.98. The summed E-state index contributed by atoms with van der Waals surface area (Å²) in [6, 6.07) is 11.2. The quantitative estimate of drug-likeness (QED) is 0.526. The SMILES string of the molecule is O=C(C[n+]1ccccc1)c1ccc(F)cc1.[Br-]. The van der Waals surface area contributed by atoms with Crippen molar-refractivity contribution in [2.45, 2.75) is 6.54 Å². The summed E-state index contributed by atoms with van der Waals surface area (Å²) < 4.78 is 14.4. The predicted molar refractivity (Wildman–Crippen MR) is 57.4 cm³/mol. The van der Waals surface area contributed by atoms with Gasteiger partial charge in [-0.2, -0.15) is 4.57 Å². The van der Waals surface area contributed by atoms with Gasteiger partial charge in [0, 0.05) is 17.7 Å². The number of carbonyl (C=O) groups is 1. The maximum atomic E-state index is 12.7. The standard InChI is InChI=1S/C13H11FNO.BrH/c14-12-6-4-11(5-7-12)13(16)10-15-8-2-1-3-9-15;/h1-9H,10H2;1H/q+1;/p-1. The van der Waals surface area contributed by atoms with E-state index in [-0.39, 0.29) is 35.1 Å². The number of rotatable bonds is 3. The molecular formula is C13H11BrFNO. The molecule has 0 aliphatic carbocycles. The van der Waals surface area contributed by atoms with Crippen molar-refractivity contribution in [3.8, 4) is 0 Å². The summed E-state index contributed by atoms with van der Waals surface area (Å²) >= 11 is 0. The molecule has 0 N–H and O–H groups in total. The minimum Gasteiger partial charge on any atom is -1.00 e. The zero-order valence-corrected chi connectivity index (χ0v) is 10.6. The Kier molecular flexibility index (Phi) is 4.97. The van der Waals surface area contributed by atoms with Gasteiger partial charge >= 0.3 is 0 Å². The number of ketones is 1. The summed E-state index contributed by atoms with van der Waals surface area (Å²) in [6.45, 7) is 0.270. The number of hydrogen-bond acceptors (Lipinski definition) is 1. The average Bonchev–Trinajstić information content (AvgIpc) is 2.31. The van der Waals surface area contributed by atoms with Crippen LogP contribution in [-0.2, 0) is 6.54 Å². The monoisotopic (exact) mass is 295 g/mol. The van der Waals surface area contributed by atoms with Crippen molar-refractivity contribution in [2.24, 2.45) is 0 Å². The molecule has 1 aromatic heterocycles. The minimum atomic E-state index is -0.330. The van der Waals surface area contributed by atoms with Gasteiger partial charge in [0.05, 0.1) is 0 Å². The Labute approximate surface area is 109 Å². The third-order valence-corrected chi connectivity index (χ3v) is 2.27. The third-order valence-electron chi connectivity index (χ3n) is 2.27. The molecule has 1 aromatic carbocycles. The van der Waals surface area contributed by atoms with E-state index in [1.165, 1.54) is 24.3 Å². The smallest absolute Gasteiger partial charge is 0.227 e. The second-order valence-electron chi connectivity index (χ2n) is 3.48. The third kappa shape index (κ3) is 3.75. The Morgan fingerprint density at radius 3 is 2.24 bits per heavy atom. The number of halogens is 2. The zero-order valence-electron chi connectivity index (χ0n) is 9.01. The van der Waals surface area contributed by atoms with Crippen molar-refractivity contribution >= 4 is 5.78 Å². The van der Waals surface area contributed by atoms with Crippen LogP contribution in [0.15, 0.2) is 54.9 Å². The van der Waals surface area contributed by atoms with E-state index in [9.17, 15) is 9.18 Å². The summed E-state index contributed by atoms with van der Waals surface area (Å²) in [5.74, 6) is -0.361. The van der Waals surface area contributed by atoms with E-state index in [4.69, 9.17) is 0 Å². The molecule has 0 saturated heterocycles. The molecule has 0 aliphatic rings. The number of Topliss-reactive ketones (excluding diaryl/α,β-unsaturated/α-hetero) is 1. The van der Waals surface area contributed by atoms with Crippen molar-refractivity contribution in [3.05, 3.63) is 66.2 Å².